The Hall–Kier alpha value is -3.27. The number of carbonyl (C=O) groups excluding carboxylic acids is 1. The summed E-state index contributed by atoms with van der Waals surface area (Å²) in [5, 5.41) is 16.6. The second-order valence-electron chi connectivity index (χ2n) is 4.90. The Morgan fingerprint density at radius 2 is 2.07 bits per heavy atom. The van der Waals surface area contributed by atoms with E-state index in [0.29, 0.717) is 0 Å². The zero-order valence-corrected chi connectivity index (χ0v) is 14.2. The van der Waals surface area contributed by atoms with Crippen LogP contribution in [0.2, 0.25) is 5.02 Å². The van der Waals surface area contributed by atoms with Crippen LogP contribution in [0.3, 0.4) is 0 Å². The highest BCUT2D eigenvalue weighted by molar-refractivity contribution is 6.32. The summed E-state index contributed by atoms with van der Waals surface area (Å²) in [5.74, 6) is -0.737. The number of oxime groups is 1. The first-order chi connectivity index (χ1) is 12.9. The number of amides is 1. The number of alkyl halides is 2. The lowest BCUT2D eigenvalue weighted by atomic mass is 10.2. The maximum Gasteiger partial charge on any atom is 0.387 e. The van der Waals surface area contributed by atoms with Crippen LogP contribution in [0, 0.1) is 10.1 Å². The number of ether oxygens (including phenoxy) is 1. The number of para-hydroxylation sites is 1. The average molecular weight is 400 g/mol. The number of carbonyl (C=O) groups is 1. The molecule has 27 heavy (non-hydrogen) atoms. The van der Waals surface area contributed by atoms with Gasteiger partial charge in [-0.3, -0.25) is 14.9 Å². The second-order valence-corrected chi connectivity index (χ2v) is 5.30. The van der Waals surface area contributed by atoms with Crippen molar-refractivity contribution in [2.24, 2.45) is 5.16 Å². The smallest absolute Gasteiger partial charge is 0.387 e. The quantitative estimate of drug-likeness (QED) is 0.412. The SMILES string of the molecule is O=C(CO/N=C/c1ccccc1OC(F)F)Nc1ccc(Cl)c([N+](=O)[O-])c1. The first-order valence-electron chi connectivity index (χ1n) is 7.30. The lowest BCUT2D eigenvalue weighted by Crippen LogP contribution is -2.17. The zero-order valence-electron chi connectivity index (χ0n) is 13.5. The fourth-order valence-electron chi connectivity index (χ4n) is 1.91. The van der Waals surface area contributed by atoms with Crippen LogP contribution in [0.15, 0.2) is 47.6 Å². The highest BCUT2D eigenvalue weighted by Crippen LogP contribution is 2.27. The number of hydrogen-bond acceptors (Lipinski definition) is 6. The largest absolute Gasteiger partial charge is 0.434 e. The summed E-state index contributed by atoms with van der Waals surface area (Å²) in [5.41, 5.74) is 0.0231. The lowest BCUT2D eigenvalue weighted by molar-refractivity contribution is -0.384. The fourth-order valence-corrected chi connectivity index (χ4v) is 2.09. The number of benzene rings is 2. The number of halogens is 3. The lowest BCUT2D eigenvalue weighted by Gasteiger charge is -2.07. The van der Waals surface area contributed by atoms with E-state index in [1.54, 1.807) is 6.07 Å². The summed E-state index contributed by atoms with van der Waals surface area (Å²) in [6.45, 7) is -3.50. The van der Waals surface area contributed by atoms with E-state index in [-0.39, 0.29) is 27.7 Å². The van der Waals surface area contributed by atoms with E-state index in [2.05, 4.69) is 15.2 Å². The van der Waals surface area contributed by atoms with Crippen LogP contribution >= 0.6 is 11.6 Å². The average Bonchev–Trinajstić information content (AvgIpc) is 2.61. The van der Waals surface area contributed by atoms with Crippen molar-refractivity contribution in [2.45, 2.75) is 6.61 Å². The van der Waals surface area contributed by atoms with Gasteiger partial charge in [-0.15, -0.1) is 0 Å². The van der Waals surface area contributed by atoms with Crippen LogP contribution in [0.5, 0.6) is 5.75 Å². The number of nitrogens with one attached hydrogen (secondary N) is 1. The second kappa shape index (κ2) is 9.43. The molecule has 142 valence electrons. The van der Waals surface area contributed by atoms with Crippen LogP contribution in [0.1, 0.15) is 5.56 Å². The third kappa shape index (κ3) is 6.19. The molecule has 8 nitrogen and oxygen atoms in total. The molecule has 0 aliphatic carbocycles. The standard InChI is InChI=1S/C16H12ClF2N3O5/c17-12-6-5-11(7-13(12)22(24)25)21-15(23)9-26-20-8-10-3-1-2-4-14(10)27-16(18)19/h1-8,16H,9H2,(H,21,23)/b20-8+. The molecule has 0 bridgehead atoms. The summed E-state index contributed by atoms with van der Waals surface area (Å²) in [6, 6.07) is 9.64. The van der Waals surface area contributed by atoms with E-state index in [0.717, 1.165) is 12.3 Å². The van der Waals surface area contributed by atoms with Crippen molar-refractivity contribution in [3.8, 4) is 5.75 Å². The topological polar surface area (TPSA) is 103 Å². The first-order valence-corrected chi connectivity index (χ1v) is 7.67. The van der Waals surface area contributed by atoms with Gasteiger partial charge in [0.05, 0.1) is 11.1 Å². The summed E-state index contributed by atoms with van der Waals surface area (Å²) < 4.78 is 28.9. The third-order valence-corrected chi connectivity index (χ3v) is 3.34. The summed E-state index contributed by atoms with van der Waals surface area (Å²) in [4.78, 5) is 26.7. The zero-order chi connectivity index (χ0) is 19.8. The van der Waals surface area contributed by atoms with Gasteiger partial charge in [0, 0.05) is 17.3 Å². The molecule has 2 aromatic rings. The maximum absolute atomic E-state index is 12.3. The minimum Gasteiger partial charge on any atom is -0.434 e. The summed E-state index contributed by atoms with van der Waals surface area (Å²) in [7, 11) is 0. The van der Waals surface area contributed by atoms with E-state index in [9.17, 15) is 23.7 Å². The molecule has 2 rings (SSSR count). The first kappa shape index (κ1) is 20.0. The van der Waals surface area contributed by atoms with Crippen LogP contribution in [-0.2, 0) is 9.63 Å². The van der Waals surface area contributed by atoms with Crippen molar-refractivity contribution in [3.63, 3.8) is 0 Å². The number of nitro groups is 1. The van der Waals surface area contributed by atoms with Crippen molar-refractivity contribution in [2.75, 3.05) is 11.9 Å². The molecule has 0 spiro atoms. The molecule has 0 atom stereocenters. The fraction of sp³-hybridized carbons (Fsp3) is 0.125. The van der Waals surface area contributed by atoms with Crippen LogP contribution in [0.25, 0.3) is 0 Å². The molecular formula is C16H12ClF2N3O5. The minimum atomic E-state index is -2.99. The molecule has 0 fully saturated rings. The number of rotatable bonds is 8. The van der Waals surface area contributed by atoms with Gasteiger partial charge in [-0.25, -0.2) is 0 Å². The van der Waals surface area contributed by atoms with Crippen molar-refractivity contribution in [3.05, 3.63) is 63.2 Å². The number of nitro benzene ring substituents is 1. The summed E-state index contributed by atoms with van der Waals surface area (Å²) in [6.07, 6.45) is 1.11. The molecule has 1 amide bonds. The third-order valence-electron chi connectivity index (χ3n) is 3.02. The van der Waals surface area contributed by atoms with Crippen molar-refractivity contribution >= 4 is 35.1 Å². The van der Waals surface area contributed by atoms with E-state index < -0.39 is 24.0 Å². The predicted octanol–water partition coefficient (Wildman–Crippen LogP) is 3.84. The Morgan fingerprint density at radius 3 is 2.78 bits per heavy atom. The Kier molecular flexibility index (Phi) is 7.00. The molecule has 0 saturated carbocycles. The molecule has 0 aromatic heterocycles. The number of hydrogen-bond donors (Lipinski definition) is 1. The molecule has 11 heteroatoms. The van der Waals surface area contributed by atoms with Gasteiger partial charge >= 0.3 is 6.61 Å². The van der Waals surface area contributed by atoms with Gasteiger partial charge in [0.15, 0.2) is 6.61 Å². The molecular weight excluding hydrogens is 388 g/mol. The van der Waals surface area contributed by atoms with Crippen LogP contribution in [0.4, 0.5) is 20.2 Å². The monoisotopic (exact) mass is 399 g/mol. The van der Waals surface area contributed by atoms with Crippen molar-refractivity contribution < 1.29 is 28.1 Å². The van der Waals surface area contributed by atoms with E-state index in [1.807, 2.05) is 0 Å². The van der Waals surface area contributed by atoms with Gasteiger partial charge in [0.1, 0.15) is 10.8 Å². The van der Waals surface area contributed by atoms with Crippen molar-refractivity contribution in [1.82, 2.24) is 0 Å². The molecule has 2 aromatic carbocycles. The van der Waals surface area contributed by atoms with Crippen LogP contribution < -0.4 is 10.1 Å². The predicted molar refractivity (Wildman–Crippen MR) is 93.4 cm³/mol. The molecule has 0 aliphatic heterocycles. The molecule has 0 aliphatic rings. The van der Waals surface area contributed by atoms with Crippen molar-refractivity contribution in [1.29, 1.82) is 0 Å². The van der Waals surface area contributed by atoms with E-state index in [1.165, 1.54) is 30.3 Å². The molecule has 0 heterocycles. The minimum absolute atomic E-state index is 0.0662. The van der Waals surface area contributed by atoms with Crippen LogP contribution in [-0.4, -0.2) is 30.3 Å². The van der Waals surface area contributed by atoms with Gasteiger partial charge in [-0.1, -0.05) is 28.9 Å². The van der Waals surface area contributed by atoms with Gasteiger partial charge in [-0.2, -0.15) is 8.78 Å². The summed E-state index contributed by atoms with van der Waals surface area (Å²) >= 11 is 5.68. The Bertz CT molecular complexity index is 864. The molecule has 0 radical (unpaired) electrons. The molecule has 0 unspecified atom stereocenters. The van der Waals surface area contributed by atoms with Gasteiger partial charge in [-0.05, 0) is 24.3 Å². The Morgan fingerprint density at radius 1 is 1.33 bits per heavy atom. The highest BCUT2D eigenvalue weighted by atomic mass is 35.5. The van der Waals surface area contributed by atoms with Gasteiger partial charge in [0.25, 0.3) is 11.6 Å². The highest BCUT2D eigenvalue weighted by Gasteiger charge is 2.14. The van der Waals surface area contributed by atoms with E-state index >= 15 is 0 Å². The van der Waals surface area contributed by atoms with Gasteiger partial charge in [0.2, 0.25) is 0 Å². The molecule has 1 N–H and O–H groups in total. The normalized spacial score (nSPS) is 10.8. The Labute approximate surface area is 156 Å². The Balaban J connectivity index is 1.91. The number of nitrogens with zero attached hydrogens (tertiary/aromatic N) is 2. The number of anilines is 1. The van der Waals surface area contributed by atoms with E-state index in [4.69, 9.17) is 16.4 Å². The maximum atomic E-state index is 12.3. The van der Waals surface area contributed by atoms with Gasteiger partial charge < -0.3 is 14.9 Å². The molecule has 0 saturated heterocycles.